The van der Waals surface area contributed by atoms with Crippen molar-refractivity contribution in [3.63, 3.8) is 0 Å². The largest absolute Gasteiger partial charge is 0.309 e. The summed E-state index contributed by atoms with van der Waals surface area (Å²) in [5, 5.41) is 4.73. The van der Waals surface area contributed by atoms with Crippen LogP contribution in [0.25, 0.3) is 0 Å². The fraction of sp³-hybridized carbons (Fsp3) is 0.308. The van der Waals surface area contributed by atoms with E-state index in [4.69, 9.17) is 11.6 Å². The molecule has 1 N–H and O–H groups in total. The highest BCUT2D eigenvalue weighted by Crippen LogP contribution is 2.33. The number of nitrogens with zero attached hydrogens (tertiary/aromatic N) is 1. The minimum absolute atomic E-state index is 0.126. The van der Waals surface area contributed by atoms with Crippen molar-refractivity contribution in [2.75, 3.05) is 7.05 Å². The Morgan fingerprint density at radius 2 is 2.11 bits per heavy atom. The molecule has 0 bridgehead atoms. The van der Waals surface area contributed by atoms with Gasteiger partial charge in [0.2, 0.25) is 0 Å². The summed E-state index contributed by atoms with van der Waals surface area (Å²) in [5.41, 5.74) is 1.70. The molecule has 0 fully saturated rings. The molecular weight excluding hydrogens is 271 g/mol. The van der Waals surface area contributed by atoms with Crippen LogP contribution in [0.5, 0.6) is 0 Å². The Morgan fingerprint density at radius 1 is 1.39 bits per heavy atom. The van der Waals surface area contributed by atoms with Gasteiger partial charge in [0.15, 0.2) is 0 Å². The molecule has 96 valence electrons. The summed E-state index contributed by atoms with van der Waals surface area (Å²) in [7, 11) is 1.83. The van der Waals surface area contributed by atoms with Crippen LogP contribution < -0.4 is 5.32 Å². The van der Waals surface area contributed by atoms with E-state index < -0.39 is 0 Å². The minimum Gasteiger partial charge on any atom is -0.309 e. The highest BCUT2D eigenvalue weighted by molar-refractivity contribution is 7.11. The molecule has 0 amide bonds. The number of halogens is 2. The van der Waals surface area contributed by atoms with Crippen LogP contribution in [-0.4, -0.2) is 12.0 Å². The van der Waals surface area contributed by atoms with Crippen LogP contribution in [0.3, 0.4) is 0 Å². The molecule has 1 heterocycles. The van der Waals surface area contributed by atoms with Gasteiger partial charge in [0.05, 0.1) is 16.7 Å². The topological polar surface area (TPSA) is 24.9 Å². The van der Waals surface area contributed by atoms with Crippen LogP contribution >= 0.6 is 22.9 Å². The van der Waals surface area contributed by atoms with E-state index in [0.717, 1.165) is 21.1 Å². The number of hydrogen-bond acceptors (Lipinski definition) is 3. The van der Waals surface area contributed by atoms with Gasteiger partial charge in [-0.05, 0) is 44.7 Å². The molecule has 1 atom stereocenters. The van der Waals surface area contributed by atoms with Gasteiger partial charge >= 0.3 is 0 Å². The SMILES string of the molecule is CNC(c1cc(F)ccc1Cl)c1sc(C)nc1C. The third-order valence-electron chi connectivity index (χ3n) is 2.76. The fourth-order valence-electron chi connectivity index (χ4n) is 1.98. The van der Waals surface area contributed by atoms with Gasteiger partial charge in [-0.15, -0.1) is 11.3 Å². The Morgan fingerprint density at radius 3 is 2.67 bits per heavy atom. The lowest BCUT2D eigenvalue weighted by molar-refractivity contribution is 0.617. The molecule has 2 rings (SSSR count). The summed E-state index contributed by atoms with van der Waals surface area (Å²) in [4.78, 5) is 5.47. The molecule has 0 aliphatic rings. The number of thiazole rings is 1. The molecule has 0 saturated carbocycles. The number of hydrogen-bond donors (Lipinski definition) is 1. The zero-order valence-corrected chi connectivity index (χ0v) is 12.0. The minimum atomic E-state index is -0.284. The smallest absolute Gasteiger partial charge is 0.123 e. The van der Waals surface area contributed by atoms with Gasteiger partial charge in [0.1, 0.15) is 5.82 Å². The zero-order valence-electron chi connectivity index (χ0n) is 10.4. The molecule has 1 unspecified atom stereocenters. The van der Waals surface area contributed by atoms with E-state index in [2.05, 4.69) is 10.3 Å². The second-order valence-corrected chi connectivity index (χ2v) is 5.71. The van der Waals surface area contributed by atoms with E-state index in [1.165, 1.54) is 12.1 Å². The van der Waals surface area contributed by atoms with Gasteiger partial charge in [0, 0.05) is 9.90 Å². The van der Waals surface area contributed by atoms with E-state index in [9.17, 15) is 4.39 Å². The van der Waals surface area contributed by atoms with Crippen molar-refractivity contribution in [3.8, 4) is 0 Å². The molecule has 2 aromatic rings. The molecule has 0 aliphatic heterocycles. The Hall–Kier alpha value is -0.970. The van der Waals surface area contributed by atoms with Gasteiger partial charge in [0.25, 0.3) is 0 Å². The Balaban J connectivity index is 2.51. The maximum Gasteiger partial charge on any atom is 0.123 e. The van der Waals surface area contributed by atoms with Gasteiger partial charge in [-0.25, -0.2) is 9.37 Å². The van der Waals surface area contributed by atoms with Gasteiger partial charge in [-0.2, -0.15) is 0 Å². The van der Waals surface area contributed by atoms with Crippen LogP contribution in [0.2, 0.25) is 5.02 Å². The molecule has 5 heteroatoms. The maximum atomic E-state index is 13.4. The van der Waals surface area contributed by atoms with Crippen LogP contribution in [0.15, 0.2) is 18.2 Å². The highest BCUT2D eigenvalue weighted by Gasteiger charge is 2.20. The monoisotopic (exact) mass is 284 g/mol. The Kier molecular flexibility index (Phi) is 4.00. The number of nitrogens with one attached hydrogen (secondary N) is 1. The lowest BCUT2D eigenvalue weighted by Crippen LogP contribution is -2.18. The van der Waals surface area contributed by atoms with Crippen LogP contribution in [0, 0.1) is 19.7 Å². The zero-order chi connectivity index (χ0) is 13.3. The van der Waals surface area contributed by atoms with Crippen LogP contribution in [-0.2, 0) is 0 Å². The van der Waals surface area contributed by atoms with Gasteiger partial charge in [-0.1, -0.05) is 11.6 Å². The number of aryl methyl sites for hydroxylation is 2. The molecule has 0 saturated heterocycles. The standard InChI is InChI=1S/C13H14ClFN2S/c1-7-13(18-8(2)17-7)12(16-3)10-6-9(15)4-5-11(10)14/h4-6,12,16H,1-3H3. The quantitative estimate of drug-likeness (QED) is 0.926. The summed E-state index contributed by atoms with van der Waals surface area (Å²) in [6.07, 6.45) is 0. The summed E-state index contributed by atoms with van der Waals surface area (Å²) in [6, 6.07) is 4.29. The first kappa shape index (κ1) is 13.5. The average molecular weight is 285 g/mol. The molecular formula is C13H14ClFN2S. The number of benzene rings is 1. The summed E-state index contributed by atoms with van der Waals surface area (Å²) in [5.74, 6) is -0.284. The number of aromatic nitrogens is 1. The Bertz CT molecular complexity index is 568. The van der Waals surface area contributed by atoms with Crippen molar-refractivity contribution >= 4 is 22.9 Å². The molecule has 0 aliphatic carbocycles. The lowest BCUT2D eigenvalue weighted by Gasteiger charge is -2.17. The maximum absolute atomic E-state index is 13.4. The summed E-state index contributed by atoms with van der Waals surface area (Å²) >= 11 is 7.76. The van der Waals surface area contributed by atoms with Crippen molar-refractivity contribution in [1.82, 2.24) is 10.3 Å². The molecule has 2 nitrogen and oxygen atoms in total. The number of rotatable bonds is 3. The van der Waals surface area contributed by atoms with Crippen molar-refractivity contribution in [2.45, 2.75) is 19.9 Å². The predicted octanol–water partition coefficient (Wildman–Crippen LogP) is 3.86. The second kappa shape index (κ2) is 5.34. The van der Waals surface area contributed by atoms with Crippen LogP contribution in [0.1, 0.15) is 27.2 Å². The first-order chi connectivity index (χ1) is 8.52. The fourth-order valence-corrected chi connectivity index (χ4v) is 3.26. The molecule has 1 aromatic carbocycles. The highest BCUT2D eigenvalue weighted by atomic mass is 35.5. The predicted molar refractivity (Wildman–Crippen MR) is 73.9 cm³/mol. The van der Waals surface area contributed by atoms with E-state index in [1.54, 1.807) is 17.4 Å². The molecule has 0 spiro atoms. The van der Waals surface area contributed by atoms with Crippen molar-refractivity contribution in [3.05, 3.63) is 50.2 Å². The summed E-state index contributed by atoms with van der Waals surface area (Å²) < 4.78 is 13.4. The van der Waals surface area contributed by atoms with Crippen molar-refractivity contribution in [2.24, 2.45) is 0 Å². The lowest BCUT2D eigenvalue weighted by atomic mass is 10.0. The van der Waals surface area contributed by atoms with E-state index in [1.807, 2.05) is 20.9 Å². The molecule has 18 heavy (non-hydrogen) atoms. The van der Waals surface area contributed by atoms with Gasteiger partial charge < -0.3 is 5.32 Å². The third kappa shape index (κ3) is 2.55. The Labute approximate surface area is 115 Å². The van der Waals surface area contributed by atoms with E-state index >= 15 is 0 Å². The first-order valence-corrected chi connectivity index (χ1v) is 6.78. The van der Waals surface area contributed by atoms with Crippen LogP contribution in [0.4, 0.5) is 4.39 Å². The first-order valence-electron chi connectivity index (χ1n) is 5.59. The second-order valence-electron chi connectivity index (χ2n) is 4.07. The van der Waals surface area contributed by atoms with E-state index in [0.29, 0.717) is 5.02 Å². The molecule has 0 radical (unpaired) electrons. The van der Waals surface area contributed by atoms with Crippen molar-refractivity contribution < 1.29 is 4.39 Å². The van der Waals surface area contributed by atoms with Crippen molar-refractivity contribution in [1.29, 1.82) is 0 Å². The van der Waals surface area contributed by atoms with E-state index in [-0.39, 0.29) is 11.9 Å². The normalized spacial score (nSPS) is 12.7. The third-order valence-corrected chi connectivity index (χ3v) is 4.24. The van der Waals surface area contributed by atoms with Gasteiger partial charge in [-0.3, -0.25) is 0 Å². The average Bonchev–Trinajstić information content (AvgIpc) is 2.64. The summed E-state index contributed by atoms with van der Waals surface area (Å²) in [6.45, 7) is 3.91. The molecule has 1 aromatic heterocycles.